The lowest BCUT2D eigenvalue weighted by atomic mass is 10.0. The zero-order valence-corrected chi connectivity index (χ0v) is 22.0. The average molecular weight is 527 g/mol. The van der Waals surface area contributed by atoms with E-state index in [9.17, 15) is 9.59 Å². The van der Waals surface area contributed by atoms with Gasteiger partial charge < -0.3 is 24.4 Å². The van der Waals surface area contributed by atoms with Crippen LogP contribution in [0.3, 0.4) is 0 Å². The molecular weight excluding hydrogens is 496 g/mol. The third kappa shape index (κ3) is 6.51. The van der Waals surface area contributed by atoms with Crippen molar-refractivity contribution in [3.05, 3.63) is 114 Å². The summed E-state index contributed by atoms with van der Waals surface area (Å²) in [5.74, 6) is 0.252. The number of ether oxygens (including phenoxy) is 3. The van der Waals surface area contributed by atoms with Crippen LogP contribution in [0.4, 0.5) is 0 Å². The van der Waals surface area contributed by atoms with E-state index in [1.807, 2.05) is 60.7 Å². The summed E-state index contributed by atoms with van der Waals surface area (Å²) in [6.07, 6.45) is 4.31. The van der Waals surface area contributed by atoms with Gasteiger partial charge >= 0.3 is 0 Å². The Kier molecular flexibility index (Phi) is 9.07. The van der Waals surface area contributed by atoms with E-state index in [1.165, 1.54) is 44.8 Å². The minimum Gasteiger partial charge on any atom is -0.493 e. The maximum atomic E-state index is 14.0. The topological polar surface area (TPSA) is 103 Å². The van der Waals surface area contributed by atoms with Gasteiger partial charge in [-0.05, 0) is 28.8 Å². The Labute approximate surface area is 227 Å². The van der Waals surface area contributed by atoms with Crippen molar-refractivity contribution >= 4 is 11.8 Å². The van der Waals surface area contributed by atoms with Gasteiger partial charge in [0.1, 0.15) is 11.7 Å². The maximum absolute atomic E-state index is 14.0. The molecule has 0 aliphatic rings. The second-order valence-corrected chi connectivity index (χ2v) is 8.57. The zero-order chi connectivity index (χ0) is 27.6. The van der Waals surface area contributed by atoms with Crippen LogP contribution in [-0.2, 0) is 17.9 Å². The molecule has 1 aromatic heterocycles. The van der Waals surface area contributed by atoms with E-state index in [0.717, 1.165) is 11.1 Å². The largest absolute Gasteiger partial charge is 0.493 e. The molecule has 0 aliphatic carbocycles. The molecular formula is C30H30N4O5. The first-order chi connectivity index (χ1) is 19.0. The van der Waals surface area contributed by atoms with Crippen LogP contribution >= 0.6 is 0 Å². The molecule has 0 radical (unpaired) electrons. The summed E-state index contributed by atoms with van der Waals surface area (Å²) in [6.45, 7) is 0.412. The Morgan fingerprint density at radius 2 is 1.46 bits per heavy atom. The molecule has 0 aliphatic heterocycles. The molecule has 9 heteroatoms. The first-order valence-corrected chi connectivity index (χ1v) is 12.3. The van der Waals surface area contributed by atoms with Gasteiger partial charge in [0.2, 0.25) is 11.7 Å². The van der Waals surface area contributed by atoms with Crippen LogP contribution in [-0.4, -0.2) is 48.0 Å². The number of rotatable bonds is 11. The molecule has 1 N–H and O–H groups in total. The number of benzene rings is 3. The second-order valence-electron chi connectivity index (χ2n) is 8.57. The van der Waals surface area contributed by atoms with Gasteiger partial charge in [-0.25, -0.2) is 4.98 Å². The zero-order valence-electron chi connectivity index (χ0n) is 22.0. The van der Waals surface area contributed by atoms with E-state index < -0.39 is 11.9 Å². The van der Waals surface area contributed by atoms with Gasteiger partial charge in [0.25, 0.3) is 5.91 Å². The fraction of sp³-hybridized carbons (Fsp3) is 0.200. The lowest BCUT2D eigenvalue weighted by Gasteiger charge is -2.32. The number of nitrogens with one attached hydrogen (secondary N) is 1. The predicted molar refractivity (Wildman–Crippen MR) is 145 cm³/mol. The molecule has 0 spiro atoms. The van der Waals surface area contributed by atoms with Crippen molar-refractivity contribution in [3.8, 4) is 17.2 Å². The fourth-order valence-electron chi connectivity index (χ4n) is 4.23. The summed E-state index contributed by atoms with van der Waals surface area (Å²) in [4.78, 5) is 37.7. The molecule has 4 rings (SSSR count). The van der Waals surface area contributed by atoms with Gasteiger partial charge in [-0.3, -0.25) is 14.6 Å². The maximum Gasteiger partial charge on any atom is 0.275 e. The summed E-state index contributed by atoms with van der Waals surface area (Å²) in [5.41, 5.74) is 2.34. The van der Waals surface area contributed by atoms with Crippen molar-refractivity contribution < 1.29 is 23.8 Å². The van der Waals surface area contributed by atoms with E-state index >= 15 is 0 Å². The minimum absolute atomic E-state index is 0.113. The first kappa shape index (κ1) is 27.1. The van der Waals surface area contributed by atoms with Crippen LogP contribution in [0.5, 0.6) is 17.2 Å². The average Bonchev–Trinajstić information content (AvgIpc) is 3.00. The van der Waals surface area contributed by atoms with Crippen molar-refractivity contribution in [2.24, 2.45) is 0 Å². The molecule has 4 aromatic rings. The highest BCUT2D eigenvalue weighted by Gasteiger charge is 2.34. The molecule has 0 saturated heterocycles. The van der Waals surface area contributed by atoms with Crippen LogP contribution in [0.1, 0.15) is 33.2 Å². The molecule has 2 amide bonds. The highest BCUT2D eigenvalue weighted by atomic mass is 16.5. The van der Waals surface area contributed by atoms with E-state index in [-0.39, 0.29) is 24.7 Å². The molecule has 0 saturated carbocycles. The van der Waals surface area contributed by atoms with Gasteiger partial charge in [0.15, 0.2) is 11.5 Å². The molecule has 9 nitrogen and oxygen atoms in total. The normalized spacial score (nSPS) is 11.3. The minimum atomic E-state index is -1.07. The van der Waals surface area contributed by atoms with Gasteiger partial charge in [0, 0.05) is 25.5 Å². The second kappa shape index (κ2) is 13.0. The molecule has 3 aromatic carbocycles. The van der Waals surface area contributed by atoms with E-state index in [1.54, 1.807) is 12.1 Å². The predicted octanol–water partition coefficient (Wildman–Crippen LogP) is 4.20. The van der Waals surface area contributed by atoms with Crippen molar-refractivity contribution in [1.82, 2.24) is 20.2 Å². The lowest BCUT2D eigenvalue weighted by molar-refractivity contribution is -0.126. The van der Waals surface area contributed by atoms with Crippen molar-refractivity contribution in [1.29, 1.82) is 0 Å². The molecule has 0 bridgehead atoms. The van der Waals surface area contributed by atoms with Gasteiger partial charge in [-0.1, -0.05) is 60.7 Å². The van der Waals surface area contributed by atoms with Crippen LogP contribution < -0.4 is 19.5 Å². The van der Waals surface area contributed by atoms with Crippen molar-refractivity contribution in [3.63, 3.8) is 0 Å². The van der Waals surface area contributed by atoms with Crippen LogP contribution in [0, 0.1) is 0 Å². The molecule has 200 valence electrons. The molecule has 1 heterocycles. The first-order valence-electron chi connectivity index (χ1n) is 12.3. The third-order valence-electron chi connectivity index (χ3n) is 6.11. The molecule has 1 unspecified atom stereocenters. The van der Waals surface area contributed by atoms with E-state index in [0.29, 0.717) is 22.8 Å². The van der Waals surface area contributed by atoms with Crippen molar-refractivity contribution in [2.45, 2.75) is 19.1 Å². The van der Waals surface area contributed by atoms with E-state index in [4.69, 9.17) is 14.2 Å². The highest BCUT2D eigenvalue weighted by molar-refractivity contribution is 5.96. The number of hydrogen-bond donors (Lipinski definition) is 1. The summed E-state index contributed by atoms with van der Waals surface area (Å²) in [6, 6.07) is 21.3. The number of carbonyl (C=O) groups is 2. The molecule has 39 heavy (non-hydrogen) atoms. The lowest BCUT2D eigenvalue weighted by Crippen LogP contribution is -2.43. The van der Waals surface area contributed by atoms with Gasteiger partial charge in [0.05, 0.1) is 27.5 Å². The standard InChI is InChI=1S/C30H30N4O5/c1-37-25-16-23(17-26(38-2)28(25)39-3)27(29(35)33-18-21-10-6-4-7-11-21)34(20-22-12-8-5-9-13-22)30(36)24-19-31-14-15-32-24/h4-17,19,27H,18,20H2,1-3H3,(H,33,35). The van der Waals surface area contributed by atoms with Gasteiger partial charge in [-0.2, -0.15) is 0 Å². The number of methoxy groups -OCH3 is 3. The van der Waals surface area contributed by atoms with Crippen LogP contribution in [0.15, 0.2) is 91.4 Å². The van der Waals surface area contributed by atoms with Crippen LogP contribution in [0.2, 0.25) is 0 Å². The summed E-state index contributed by atoms with van der Waals surface area (Å²) < 4.78 is 16.6. The van der Waals surface area contributed by atoms with Gasteiger partial charge in [-0.15, -0.1) is 0 Å². The van der Waals surface area contributed by atoms with Crippen LogP contribution in [0.25, 0.3) is 0 Å². The fourth-order valence-corrected chi connectivity index (χ4v) is 4.23. The number of nitrogens with zero attached hydrogens (tertiary/aromatic N) is 3. The SMILES string of the molecule is COc1cc(C(C(=O)NCc2ccccc2)N(Cc2ccccc2)C(=O)c2cnccn2)cc(OC)c1OC. The highest BCUT2D eigenvalue weighted by Crippen LogP contribution is 2.41. The summed E-state index contributed by atoms with van der Waals surface area (Å²) in [5, 5.41) is 2.99. The Bertz CT molecular complexity index is 1360. The quantitative estimate of drug-likeness (QED) is 0.312. The number of aromatic nitrogens is 2. The Morgan fingerprint density at radius 1 is 0.846 bits per heavy atom. The summed E-state index contributed by atoms with van der Waals surface area (Å²) >= 11 is 0. The molecule has 0 fully saturated rings. The Balaban J connectivity index is 1.83. The summed E-state index contributed by atoms with van der Waals surface area (Å²) in [7, 11) is 4.50. The number of hydrogen-bond acceptors (Lipinski definition) is 7. The number of carbonyl (C=O) groups excluding carboxylic acids is 2. The Morgan fingerprint density at radius 3 is 2.00 bits per heavy atom. The smallest absolute Gasteiger partial charge is 0.275 e. The monoisotopic (exact) mass is 526 g/mol. The number of amides is 2. The third-order valence-corrected chi connectivity index (χ3v) is 6.11. The molecule has 1 atom stereocenters. The Hall–Kier alpha value is -4.92. The van der Waals surface area contributed by atoms with Crippen molar-refractivity contribution in [2.75, 3.05) is 21.3 Å². The van der Waals surface area contributed by atoms with E-state index in [2.05, 4.69) is 15.3 Å².